The van der Waals surface area contributed by atoms with E-state index in [1.54, 1.807) is 24.3 Å². The Bertz CT molecular complexity index is 1530. The van der Waals surface area contributed by atoms with Crippen molar-refractivity contribution in [2.45, 2.75) is 13.8 Å². The van der Waals surface area contributed by atoms with Gasteiger partial charge in [0, 0.05) is 0 Å². The van der Waals surface area contributed by atoms with Gasteiger partial charge in [-0.3, -0.25) is 0 Å². The first-order chi connectivity index (χ1) is 18.5. The second-order valence-corrected chi connectivity index (χ2v) is 8.29. The Balaban J connectivity index is 1.56. The summed E-state index contributed by atoms with van der Waals surface area (Å²) < 4.78 is 18.9. The number of nitrogens with two attached hydrogens (primary N) is 1. The van der Waals surface area contributed by atoms with Crippen LogP contribution in [0.2, 0.25) is 0 Å². The number of nitriles is 2. The van der Waals surface area contributed by atoms with E-state index in [0.717, 1.165) is 11.3 Å². The van der Waals surface area contributed by atoms with Crippen LogP contribution >= 0.6 is 0 Å². The highest BCUT2D eigenvalue weighted by Gasteiger charge is 2.20. The SMILES string of the molecule is CCOc1cc(/C=C(\C#N)c2nn(-c3ccccc3)c(N)c2C#N)ccc1OCCOc1cccc(C)c1. The molecule has 38 heavy (non-hydrogen) atoms. The van der Waals surface area contributed by atoms with Crippen molar-refractivity contribution in [1.29, 1.82) is 10.5 Å². The van der Waals surface area contributed by atoms with E-state index in [-0.39, 0.29) is 22.6 Å². The van der Waals surface area contributed by atoms with Crippen LogP contribution in [0.4, 0.5) is 5.82 Å². The molecule has 4 aromatic rings. The number of rotatable bonds is 10. The van der Waals surface area contributed by atoms with Crippen LogP contribution < -0.4 is 19.9 Å². The molecule has 0 saturated carbocycles. The first-order valence-electron chi connectivity index (χ1n) is 12.1. The van der Waals surface area contributed by atoms with Gasteiger partial charge < -0.3 is 19.9 Å². The molecule has 0 saturated heterocycles. The van der Waals surface area contributed by atoms with Crippen molar-refractivity contribution < 1.29 is 14.2 Å². The van der Waals surface area contributed by atoms with Crippen molar-refractivity contribution in [1.82, 2.24) is 9.78 Å². The van der Waals surface area contributed by atoms with Crippen LogP contribution in [0.1, 0.15) is 29.3 Å². The summed E-state index contributed by atoms with van der Waals surface area (Å²) >= 11 is 0. The highest BCUT2D eigenvalue weighted by molar-refractivity contribution is 5.91. The number of benzene rings is 3. The lowest BCUT2D eigenvalue weighted by Gasteiger charge is -2.13. The lowest BCUT2D eigenvalue weighted by molar-refractivity contribution is 0.208. The third-order valence-corrected chi connectivity index (χ3v) is 5.59. The molecular formula is C30H27N5O3. The third-order valence-electron chi connectivity index (χ3n) is 5.59. The summed E-state index contributed by atoms with van der Waals surface area (Å²) in [5.41, 5.74) is 9.26. The fourth-order valence-electron chi connectivity index (χ4n) is 3.83. The lowest BCUT2D eigenvalue weighted by Crippen LogP contribution is -2.10. The van der Waals surface area contributed by atoms with Crippen molar-refractivity contribution in [3.63, 3.8) is 0 Å². The van der Waals surface area contributed by atoms with Gasteiger partial charge in [0.15, 0.2) is 11.5 Å². The summed E-state index contributed by atoms with van der Waals surface area (Å²) in [6.07, 6.45) is 1.64. The summed E-state index contributed by atoms with van der Waals surface area (Å²) in [4.78, 5) is 0. The van der Waals surface area contributed by atoms with E-state index in [9.17, 15) is 10.5 Å². The zero-order chi connectivity index (χ0) is 26.9. The number of nitrogen functional groups attached to an aromatic ring is 1. The van der Waals surface area contributed by atoms with Crippen LogP contribution in [-0.4, -0.2) is 29.6 Å². The average Bonchev–Trinajstić information content (AvgIpc) is 3.27. The lowest BCUT2D eigenvalue weighted by atomic mass is 10.1. The van der Waals surface area contributed by atoms with Gasteiger partial charge in [-0.15, -0.1) is 0 Å². The number of anilines is 1. The number of aromatic nitrogens is 2. The summed E-state index contributed by atoms with van der Waals surface area (Å²) in [6.45, 7) is 5.03. The Morgan fingerprint density at radius 3 is 2.45 bits per heavy atom. The molecule has 1 aromatic heterocycles. The summed E-state index contributed by atoms with van der Waals surface area (Å²) in [5.74, 6) is 2.05. The van der Waals surface area contributed by atoms with Crippen LogP contribution in [0.25, 0.3) is 17.3 Å². The largest absolute Gasteiger partial charge is 0.490 e. The van der Waals surface area contributed by atoms with Crippen molar-refractivity contribution in [2.24, 2.45) is 0 Å². The Hall–Kier alpha value is -5.21. The molecule has 0 radical (unpaired) electrons. The molecule has 0 bridgehead atoms. The molecule has 0 fully saturated rings. The van der Waals surface area contributed by atoms with Gasteiger partial charge in [0.1, 0.15) is 48.2 Å². The Kier molecular flexibility index (Phi) is 8.28. The first kappa shape index (κ1) is 25.9. The molecule has 0 aliphatic rings. The van der Waals surface area contributed by atoms with E-state index < -0.39 is 0 Å². The van der Waals surface area contributed by atoms with E-state index in [1.165, 1.54) is 4.68 Å². The minimum absolute atomic E-state index is 0.139. The molecule has 8 heteroatoms. The van der Waals surface area contributed by atoms with Gasteiger partial charge in [0.25, 0.3) is 0 Å². The Morgan fingerprint density at radius 1 is 0.947 bits per heavy atom. The van der Waals surface area contributed by atoms with Crippen LogP contribution in [0, 0.1) is 29.6 Å². The number of allylic oxidation sites excluding steroid dienone is 1. The Morgan fingerprint density at radius 2 is 1.74 bits per heavy atom. The van der Waals surface area contributed by atoms with Gasteiger partial charge in [-0.2, -0.15) is 15.6 Å². The summed E-state index contributed by atoms with van der Waals surface area (Å²) in [7, 11) is 0. The van der Waals surface area contributed by atoms with Gasteiger partial charge in [0.05, 0.1) is 17.9 Å². The Labute approximate surface area is 221 Å². The third kappa shape index (κ3) is 5.95. The average molecular weight is 506 g/mol. The van der Waals surface area contributed by atoms with Crippen LogP contribution in [-0.2, 0) is 0 Å². The van der Waals surface area contributed by atoms with Gasteiger partial charge in [-0.05, 0) is 67.4 Å². The number of hydrogen-bond donors (Lipinski definition) is 1. The van der Waals surface area contributed by atoms with Crippen LogP contribution in [0.5, 0.6) is 17.2 Å². The molecule has 0 aliphatic heterocycles. The van der Waals surface area contributed by atoms with E-state index in [0.29, 0.717) is 42.6 Å². The highest BCUT2D eigenvalue weighted by atomic mass is 16.5. The maximum Gasteiger partial charge on any atom is 0.161 e. The molecule has 4 rings (SSSR count). The number of para-hydroxylation sites is 1. The molecule has 2 N–H and O–H groups in total. The molecule has 8 nitrogen and oxygen atoms in total. The minimum Gasteiger partial charge on any atom is -0.490 e. The number of hydrogen-bond acceptors (Lipinski definition) is 7. The van der Waals surface area contributed by atoms with Gasteiger partial charge >= 0.3 is 0 Å². The number of aryl methyl sites for hydroxylation is 1. The first-order valence-corrected chi connectivity index (χ1v) is 12.1. The molecule has 0 spiro atoms. The topological polar surface area (TPSA) is 119 Å². The van der Waals surface area contributed by atoms with Crippen molar-refractivity contribution in [2.75, 3.05) is 25.6 Å². The van der Waals surface area contributed by atoms with Crippen molar-refractivity contribution in [3.8, 4) is 35.1 Å². The minimum atomic E-state index is 0.139. The van der Waals surface area contributed by atoms with E-state index in [2.05, 4.69) is 17.2 Å². The molecule has 190 valence electrons. The second kappa shape index (κ2) is 12.2. The fraction of sp³-hybridized carbons (Fsp3) is 0.167. The fourth-order valence-corrected chi connectivity index (χ4v) is 3.83. The van der Waals surface area contributed by atoms with Crippen LogP contribution in [0.15, 0.2) is 72.8 Å². The molecule has 0 aliphatic carbocycles. The smallest absolute Gasteiger partial charge is 0.161 e. The normalized spacial score (nSPS) is 10.9. The molecule has 1 heterocycles. The van der Waals surface area contributed by atoms with Gasteiger partial charge in [-0.25, -0.2) is 4.68 Å². The zero-order valence-corrected chi connectivity index (χ0v) is 21.2. The van der Waals surface area contributed by atoms with Gasteiger partial charge in [-0.1, -0.05) is 36.4 Å². The monoisotopic (exact) mass is 505 g/mol. The van der Waals surface area contributed by atoms with E-state index in [4.69, 9.17) is 19.9 Å². The predicted octanol–water partition coefficient (Wildman–Crippen LogP) is 5.56. The van der Waals surface area contributed by atoms with E-state index >= 15 is 0 Å². The second-order valence-electron chi connectivity index (χ2n) is 8.29. The zero-order valence-electron chi connectivity index (χ0n) is 21.2. The van der Waals surface area contributed by atoms with Crippen molar-refractivity contribution >= 4 is 17.5 Å². The summed E-state index contributed by atoms with van der Waals surface area (Å²) in [5, 5.41) is 24.2. The molecule has 3 aromatic carbocycles. The maximum atomic E-state index is 9.93. The van der Waals surface area contributed by atoms with Gasteiger partial charge in [0.2, 0.25) is 0 Å². The number of nitrogens with zero attached hydrogens (tertiary/aromatic N) is 4. The van der Waals surface area contributed by atoms with E-state index in [1.807, 2.05) is 68.4 Å². The predicted molar refractivity (Wildman–Crippen MR) is 146 cm³/mol. The highest BCUT2D eigenvalue weighted by Crippen LogP contribution is 2.32. The molecule has 0 amide bonds. The summed E-state index contributed by atoms with van der Waals surface area (Å²) in [6, 6.07) is 26.6. The molecule has 0 unspecified atom stereocenters. The molecular weight excluding hydrogens is 478 g/mol. The number of ether oxygens (including phenoxy) is 3. The quantitative estimate of drug-likeness (QED) is 0.221. The standard InChI is InChI=1S/C30H27N5O3/c1-3-36-28-18-22(12-13-27(28)38-15-14-37-25-11-7-8-21(2)16-25)17-23(19-31)29-26(20-32)30(33)35(34-29)24-9-5-4-6-10-24/h4-13,16-18H,3,14-15,33H2,1-2H3/b23-17+. The maximum absolute atomic E-state index is 9.93. The van der Waals surface area contributed by atoms with Crippen LogP contribution in [0.3, 0.4) is 0 Å². The van der Waals surface area contributed by atoms with Crippen molar-refractivity contribution in [3.05, 3.63) is 95.2 Å². The molecule has 0 atom stereocenters.